The lowest BCUT2D eigenvalue weighted by molar-refractivity contribution is 0.0615. The molecule has 0 saturated heterocycles. The molecule has 1 aliphatic heterocycles. The van der Waals surface area contributed by atoms with Gasteiger partial charge in [0.2, 0.25) is 0 Å². The van der Waals surface area contributed by atoms with Gasteiger partial charge in [-0.3, -0.25) is 14.0 Å². The molecule has 0 aliphatic carbocycles. The number of hydrogen-bond acceptors (Lipinski definition) is 3. The largest absolute Gasteiger partial charge is 0.348 e. The van der Waals surface area contributed by atoms with Crippen molar-refractivity contribution in [3.05, 3.63) is 70.0 Å². The quantitative estimate of drug-likeness (QED) is 0.722. The van der Waals surface area contributed by atoms with Gasteiger partial charge >= 0.3 is 0 Å². The first-order valence-electron chi connectivity index (χ1n) is 8.55. The van der Waals surface area contributed by atoms with Gasteiger partial charge in [0.15, 0.2) is 0 Å². The summed E-state index contributed by atoms with van der Waals surface area (Å²) in [5.74, 6) is -0.241. The second kappa shape index (κ2) is 5.88. The minimum absolute atomic E-state index is 0.0202. The predicted molar refractivity (Wildman–Crippen MR) is 94.7 cm³/mol. The molecule has 0 spiro atoms. The molecule has 25 heavy (non-hydrogen) atoms. The first kappa shape index (κ1) is 15.6. The number of nitrogens with zero attached hydrogens (tertiary/aromatic N) is 4. The Hall–Kier alpha value is -2.89. The molecular weight excluding hydrogens is 316 g/mol. The third-order valence-electron chi connectivity index (χ3n) is 4.97. The van der Waals surface area contributed by atoms with E-state index in [0.29, 0.717) is 12.2 Å². The highest BCUT2D eigenvalue weighted by atomic mass is 16.2. The summed E-state index contributed by atoms with van der Waals surface area (Å²) >= 11 is 0. The molecule has 3 aromatic rings. The average molecular weight is 336 g/mol. The molecule has 1 aliphatic rings. The number of hydrogen-bond donors (Lipinski definition) is 0. The second-order valence-electron chi connectivity index (χ2n) is 6.39. The standard InChI is InChI=1S/C19H20N4O2/c1-3-15-16-7-5-9-21(16)10-11-22(15)18(24)14-12-20-17-8-4-6-13(2)23(17)19(14)25/h4-9,12,15H,3,10-11H2,1-2H3/t15-/m1/s1. The van der Waals surface area contributed by atoms with Crippen molar-refractivity contribution in [2.75, 3.05) is 6.54 Å². The number of aromatic nitrogens is 3. The molecule has 0 unspecified atom stereocenters. The zero-order chi connectivity index (χ0) is 17.6. The highest BCUT2D eigenvalue weighted by Crippen LogP contribution is 2.29. The van der Waals surface area contributed by atoms with E-state index in [1.165, 1.54) is 10.6 Å². The monoisotopic (exact) mass is 336 g/mol. The smallest absolute Gasteiger partial charge is 0.270 e. The van der Waals surface area contributed by atoms with Gasteiger partial charge < -0.3 is 9.47 Å². The molecule has 0 bridgehead atoms. The van der Waals surface area contributed by atoms with Crippen LogP contribution in [0.2, 0.25) is 0 Å². The average Bonchev–Trinajstić information content (AvgIpc) is 3.09. The van der Waals surface area contributed by atoms with Gasteiger partial charge in [0, 0.05) is 36.9 Å². The Kier molecular flexibility index (Phi) is 3.67. The SMILES string of the molecule is CC[C@@H]1c2cccn2CCN1C(=O)c1cnc2cccc(C)n2c1=O. The molecule has 4 rings (SSSR count). The number of rotatable bonds is 2. The van der Waals surface area contributed by atoms with Gasteiger partial charge in [-0.05, 0) is 37.6 Å². The van der Waals surface area contributed by atoms with Crippen LogP contribution >= 0.6 is 0 Å². The van der Waals surface area contributed by atoms with Crippen molar-refractivity contribution in [1.82, 2.24) is 18.9 Å². The molecule has 0 N–H and O–H groups in total. The van der Waals surface area contributed by atoms with E-state index in [4.69, 9.17) is 0 Å². The van der Waals surface area contributed by atoms with Gasteiger partial charge in [0.05, 0.1) is 6.04 Å². The van der Waals surface area contributed by atoms with Gasteiger partial charge in [-0.1, -0.05) is 13.0 Å². The minimum atomic E-state index is -0.302. The number of carbonyl (C=O) groups is 1. The van der Waals surface area contributed by atoms with Crippen LogP contribution in [0.1, 0.15) is 41.1 Å². The molecule has 0 aromatic carbocycles. The lowest BCUT2D eigenvalue weighted by atomic mass is 10.1. The number of fused-ring (bicyclic) bond motifs is 2. The van der Waals surface area contributed by atoms with Gasteiger partial charge in [-0.2, -0.15) is 0 Å². The Morgan fingerprint density at radius 3 is 2.88 bits per heavy atom. The highest BCUT2D eigenvalue weighted by molar-refractivity contribution is 5.94. The number of pyridine rings is 1. The minimum Gasteiger partial charge on any atom is -0.348 e. The van der Waals surface area contributed by atoms with Crippen molar-refractivity contribution < 1.29 is 4.79 Å². The van der Waals surface area contributed by atoms with E-state index >= 15 is 0 Å². The molecule has 4 heterocycles. The Labute approximate surface area is 145 Å². The molecule has 0 fully saturated rings. The Morgan fingerprint density at radius 1 is 1.24 bits per heavy atom. The van der Waals surface area contributed by atoms with E-state index in [0.717, 1.165) is 24.4 Å². The summed E-state index contributed by atoms with van der Waals surface area (Å²) in [6.45, 7) is 5.23. The zero-order valence-electron chi connectivity index (χ0n) is 14.3. The zero-order valence-corrected chi connectivity index (χ0v) is 14.3. The fraction of sp³-hybridized carbons (Fsp3) is 0.316. The molecule has 1 amide bonds. The molecule has 6 heteroatoms. The summed E-state index contributed by atoms with van der Waals surface area (Å²) in [5.41, 5.74) is 2.27. The maximum atomic E-state index is 13.1. The van der Waals surface area contributed by atoms with Gasteiger partial charge in [0.25, 0.3) is 11.5 Å². The molecule has 3 aromatic heterocycles. The topological polar surface area (TPSA) is 59.6 Å². The second-order valence-corrected chi connectivity index (χ2v) is 6.39. The maximum absolute atomic E-state index is 13.1. The van der Waals surface area contributed by atoms with Crippen molar-refractivity contribution in [2.45, 2.75) is 32.9 Å². The first-order chi connectivity index (χ1) is 12.1. The summed E-state index contributed by atoms with van der Waals surface area (Å²) in [7, 11) is 0. The van der Waals surface area contributed by atoms with E-state index in [1.54, 1.807) is 11.0 Å². The summed E-state index contributed by atoms with van der Waals surface area (Å²) in [4.78, 5) is 32.2. The van der Waals surface area contributed by atoms with Gasteiger partial charge in [0.1, 0.15) is 11.2 Å². The Morgan fingerprint density at radius 2 is 2.08 bits per heavy atom. The molecule has 0 saturated carbocycles. The van der Waals surface area contributed by atoms with Crippen LogP contribution in [0.5, 0.6) is 0 Å². The van der Waals surface area contributed by atoms with Crippen molar-refractivity contribution in [1.29, 1.82) is 0 Å². The molecule has 128 valence electrons. The third kappa shape index (κ3) is 2.36. The Balaban J connectivity index is 1.79. The highest BCUT2D eigenvalue weighted by Gasteiger charge is 2.31. The van der Waals surface area contributed by atoms with Gasteiger partial charge in [-0.15, -0.1) is 0 Å². The van der Waals surface area contributed by atoms with E-state index in [9.17, 15) is 9.59 Å². The normalized spacial score (nSPS) is 16.9. The molecule has 6 nitrogen and oxygen atoms in total. The summed E-state index contributed by atoms with van der Waals surface area (Å²) in [5, 5.41) is 0. The Bertz CT molecular complexity index is 1020. The van der Waals surface area contributed by atoms with Crippen LogP contribution in [-0.4, -0.2) is 31.3 Å². The lowest BCUT2D eigenvalue weighted by Gasteiger charge is -2.36. The molecule has 1 atom stereocenters. The van der Waals surface area contributed by atoms with Crippen LogP contribution in [0.3, 0.4) is 0 Å². The van der Waals surface area contributed by atoms with Gasteiger partial charge in [-0.25, -0.2) is 4.98 Å². The third-order valence-corrected chi connectivity index (χ3v) is 4.97. The van der Waals surface area contributed by atoms with Crippen molar-refractivity contribution in [3.63, 3.8) is 0 Å². The van der Waals surface area contributed by atoms with Crippen molar-refractivity contribution in [3.8, 4) is 0 Å². The molecular formula is C19H20N4O2. The van der Waals surface area contributed by atoms with E-state index < -0.39 is 0 Å². The predicted octanol–water partition coefficient (Wildman–Crippen LogP) is 2.41. The van der Waals surface area contributed by atoms with Crippen LogP contribution in [-0.2, 0) is 6.54 Å². The fourth-order valence-corrected chi connectivity index (χ4v) is 3.71. The van der Waals surface area contributed by atoms with E-state index in [1.807, 2.05) is 37.4 Å². The van der Waals surface area contributed by atoms with Crippen LogP contribution in [0, 0.1) is 6.92 Å². The number of carbonyl (C=O) groups excluding carboxylic acids is 1. The summed E-state index contributed by atoms with van der Waals surface area (Å²) in [6.07, 6.45) is 4.26. The van der Waals surface area contributed by atoms with E-state index in [-0.39, 0.29) is 23.1 Å². The van der Waals surface area contributed by atoms with Crippen molar-refractivity contribution in [2.24, 2.45) is 0 Å². The number of aryl methyl sites for hydroxylation is 1. The lowest BCUT2D eigenvalue weighted by Crippen LogP contribution is -2.43. The fourth-order valence-electron chi connectivity index (χ4n) is 3.71. The maximum Gasteiger partial charge on any atom is 0.270 e. The number of amides is 1. The van der Waals surface area contributed by atoms with Crippen LogP contribution in [0.25, 0.3) is 5.65 Å². The summed E-state index contributed by atoms with van der Waals surface area (Å²) in [6, 6.07) is 9.49. The van der Waals surface area contributed by atoms with E-state index in [2.05, 4.69) is 16.5 Å². The van der Waals surface area contributed by atoms with Crippen LogP contribution < -0.4 is 5.56 Å². The van der Waals surface area contributed by atoms with Crippen LogP contribution in [0.4, 0.5) is 0 Å². The summed E-state index contributed by atoms with van der Waals surface area (Å²) < 4.78 is 3.68. The van der Waals surface area contributed by atoms with Crippen LogP contribution in [0.15, 0.2) is 47.5 Å². The molecule has 0 radical (unpaired) electrons. The van der Waals surface area contributed by atoms with Crippen molar-refractivity contribution >= 4 is 11.6 Å². The first-order valence-corrected chi connectivity index (χ1v) is 8.55.